The fraction of sp³-hybridized carbons (Fsp3) is 0.389. The highest BCUT2D eigenvalue weighted by Gasteiger charge is 2.44. The molecule has 1 saturated heterocycles. The van der Waals surface area contributed by atoms with Crippen LogP contribution >= 0.6 is 11.6 Å². The maximum atomic E-state index is 13.0. The number of nitrogens with zero attached hydrogens (tertiary/aromatic N) is 3. The summed E-state index contributed by atoms with van der Waals surface area (Å²) >= 11 is 6.21. The van der Waals surface area contributed by atoms with E-state index in [1.807, 2.05) is 43.9 Å². The van der Waals surface area contributed by atoms with Gasteiger partial charge < -0.3 is 4.90 Å². The smallest absolute Gasteiger partial charge is 0.256 e. The topological polar surface area (TPSA) is 46.1 Å². The van der Waals surface area contributed by atoms with Gasteiger partial charge in [-0.1, -0.05) is 23.7 Å². The SMILES string of the molecule is Cc1cc(C)nc(C2(C)CCCN2C(=O)c2ccccc2Cl)n1. The fourth-order valence-corrected chi connectivity index (χ4v) is 3.48. The van der Waals surface area contributed by atoms with Crippen LogP contribution in [0.25, 0.3) is 0 Å². The van der Waals surface area contributed by atoms with E-state index in [1.165, 1.54) is 0 Å². The van der Waals surface area contributed by atoms with Crippen LogP contribution in [0.15, 0.2) is 30.3 Å². The molecule has 3 rings (SSSR count). The molecule has 2 aromatic rings. The van der Waals surface area contributed by atoms with Crippen molar-refractivity contribution in [2.75, 3.05) is 6.54 Å². The summed E-state index contributed by atoms with van der Waals surface area (Å²) < 4.78 is 0. The summed E-state index contributed by atoms with van der Waals surface area (Å²) in [6.07, 6.45) is 1.79. The molecule has 2 heterocycles. The first-order valence-corrected chi connectivity index (χ1v) is 8.19. The van der Waals surface area contributed by atoms with Crippen LogP contribution in [0.2, 0.25) is 5.02 Å². The molecule has 23 heavy (non-hydrogen) atoms. The van der Waals surface area contributed by atoms with E-state index in [9.17, 15) is 4.79 Å². The highest BCUT2D eigenvalue weighted by atomic mass is 35.5. The van der Waals surface area contributed by atoms with Gasteiger partial charge in [0.25, 0.3) is 5.91 Å². The monoisotopic (exact) mass is 329 g/mol. The quantitative estimate of drug-likeness (QED) is 0.839. The second-order valence-electron chi connectivity index (χ2n) is 6.29. The van der Waals surface area contributed by atoms with Crippen molar-refractivity contribution >= 4 is 17.5 Å². The van der Waals surface area contributed by atoms with Crippen molar-refractivity contribution in [2.24, 2.45) is 0 Å². The number of halogens is 1. The largest absolute Gasteiger partial charge is 0.326 e. The number of carbonyl (C=O) groups is 1. The number of aryl methyl sites for hydroxylation is 2. The summed E-state index contributed by atoms with van der Waals surface area (Å²) in [6, 6.07) is 9.12. The Hall–Kier alpha value is -1.94. The minimum Gasteiger partial charge on any atom is -0.326 e. The average molecular weight is 330 g/mol. The lowest BCUT2D eigenvalue weighted by atomic mass is 9.96. The van der Waals surface area contributed by atoms with Gasteiger partial charge in [-0.05, 0) is 51.8 Å². The standard InChI is InChI=1S/C18H20ClN3O/c1-12-11-13(2)21-17(20-12)18(3)9-6-10-22(18)16(23)14-7-4-5-8-15(14)19/h4-5,7-8,11H,6,9-10H2,1-3H3. The average Bonchev–Trinajstić information content (AvgIpc) is 2.89. The van der Waals surface area contributed by atoms with Gasteiger partial charge in [-0.2, -0.15) is 0 Å². The van der Waals surface area contributed by atoms with Crippen molar-refractivity contribution in [3.8, 4) is 0 Å². The Labute approximate surface area is 141 Å². The molecule has 1 amide bonds. The zero-order valence-electron chi connectivity index (χ0n) is 13.6. The first-order valence-electron chi connectivity index (χ1n) is 7.81. The predicted octanol–water partition coefficient (Wildman–Crippen LogP) is 3.90. The van der Waals surface area contributed by atoms with Gasteiger partial charge in [0.05, 0.1) is 10.6 Å². The first kappa shape index (κ1) is 15.9. The highest BCUT2D eigenvalue weighted by Crippen LogP contribution is 2.38. The predicted molar refractivity (Wildman–Crippen MR) is 90.6 cm³/mol. The Morgan fingerprint density at radius 2 is 1.87 bits per heavy atom. The Bertz CT molecular complexity index is 741. The van der Waals surface area contributed by atoms with Gasteiger partial charge in [-0.25, -0.2) is 9.97 Å². The van der Waals surface area contributed by atoms with E-state index in [2.05, 4.69) is 9.97 Å². The van der Waals surface area contributed by atoms with Gasteiger partial charge in [-0.3, -0.25) is 4.79 Å². The van der Waals surface area contributed by atoms with Crippen LogP contribution in [0.5, 0.6) is 0 Å². The van der Waals surface area contributed by atoms with E-state index in [-0.39, 0.29) is 5.91 Å². The lowest BCUT2D eigenvalue weighted by molar-refractivity contribution is 0.0603. The van der Waals surface area contributed by atoms with Crippen LogP contribution in [0, 0.1) is 13.8 Å². The van der Waals surface area contributed by atoms with Gasteiger partial charge in [0.2, 0.25) is 0 Å². The van der Waals surface area contributed by atoms with Gasteiger partial charge >= 0.3 is 0 Å². The Morgan fingerprint density at radius 1 is 1.22 bits per heavy atom. The van der Waals surface area contributed by atoms with Crippen LogP contribution < -0.4 is 0 Å². The molecule has 5 heteroatoms. The minimum atomic E-state index is -0.493. The number of aromatic nitrogens is 2. The molecule has 0 spiro atoms. The van der Waals surface area contributed by atoms with Crippen molar-refractivity contribution in [3.63, 3.8) is 0 Å². The fourth-order valence-electron chi connectivity index (χ4n) is 3.27. The van der Waals surface area contributed by atoms with Crippen LogP contribution in [0.3, 0.4) is 0 Å². The zero-order chi connectivity index (χ0) is 16.6. The second-order valence-corrected chi connectivity index (χ2v) is 6.70. The van der Waals surface area contributed by atoms with Gasteiger partial charge in [-0.15, -0.1) is 0 Å². The first-order chi connectivity index (χ1) is 10.9. The molecule has 1 aromatic heterocycles. The molecule has 1 fully saturated rings. The summed E-state index contributed by atoms with van der Waals surface area (Å²) in [5.74, 6) is 0.659. The molecule has 120 valence electrons. The molecule has 1 aliphatic heterocycles. The van der Waals surface area contributed by atoms with Gasteiger partial charge in [0, 0.05) is 17.9 Å². The van der Waals surface area contributed by atoms with Crippen molar-refractivity contribution in [3.05, 3.63) is 58.1 Å². The maximum Gasteiger partial charge on any atom is 0.256 e. The van der Waals surface area contributed by atoms with Crippen LogP contribution in [0.4, 0.5) is 0 Å². The third kappa shape index (κ3) is 2.83. The van der Waals surface area contributed by atoms with Crippen LogP contribution in [-0.2, 0) is 5.54 Å². The molecule has 1 aromatic carbocycles. The molecule has 0 aliphatic carbocycles. The van der Waals surface area contributed by atoms with E-state index >= 15 is 0 Å². The summed E-state index contributed by atoms with van der Waals surface area (Å²) in [6.45, 7) is 6.65. The lowest BCUT2D eigenvalue weighted by Crippen LogP contribution is -2.44. The maximum absolute atomic E-state index is 13.0. The van der Waals surface area contributed by atoms with E-state index in [1.54, 1.807) is 12.1 Å². The number of hydrogen-bond acceptors (Lipinski definition) is 3. The third-order valence-electron chi connectivity index (χ3n) is 4.45. The van der Waals surface area contributed by atoms with Crippen molar-refractivity contribution in [2.45, 2.75) is 39.2 Å². The minimum absolute atomic E-state index is 0.0571. The van der Waals surface area contributed by atoms with Crippen molar-refractivity contribution in [1.29, 1.82) is 0 Å². The molecule has 0 saturated carbocycles. The molecule has 1 unspecified atom stereocenters. The number of benzene rings is 1. The van der Waals surface area contributed by atoms with Crippen LogP contribution in [0.1, 0.15) is 47.3 Å². The summed E-state index contributed by atoms with van der Waals surface area (Å²) in [5, 5.41) is 0.480. The van der Waals surface area contributed by atoms with Crippen LogP contribution in [-0.4, -0.2) is 27.3 Å². The molecule has 0 N–H and O–H groups in total. The Kier molecular flexibility index (Phi) is 4.11. The van der Waals surface area contributed by atoms with E-state index in [0.29, 0.717) is 23.0 Å². The number of hydrogen-bond donors (Lipinski definition) is 0. The van der Waals surface area contributed by atoms with Gasteiger partial charge in [0.1, 0.15) is 5.54 Å². The molecular formula is C18H20ClN3O. The highest BCUT2D eigenvalue weighted by molar-refractivity contribution is 6.33. The second kappa shape index (κ2) is 5.93. The number of amides is 1. The summed E-state index contributed by atoms with van der Waals surface area (Å²) in [7, 11) is 0. The molecule has 4 nitrogen and oxygen atoms in total. The van der Waals surface area contributed by atoms with Gasteiger partial charge in [0.15, 0.2) is 5.82 Å². The van der Waals surface area contributed by atoms with E-state index in [4.69, 9.17) is 11.6 Å². The molecule has 0 radical (unpaired) electrons. The molecule has 1 aliphatic rings. The zero-order valence-corrected chi connectivity index (χ0v) is 14.4. The molecule has 0 bridgehead atoms. The summed E-state index contributed by atoms with van der Waals surface area (Å²) in [5.41, 5.74) is 1.88. The van der Waals surface area contributed by atoms with E-state index in [0.717, 1.165) is 24.2 Å². The normalized spacial score (nSPS) is 20.8. The number of likely N-dealkylation sites (tertiary alicyclic amines) is 1. The molecule has 1 atom stereocenters. The Morgan fingerprint density at radius 3 is 2.52 bits per heavy atom. The van der Waals surface area contributed by atoms with Crippen molar-refractivity contribution < 1.29 is 4.79 Å². The lowest BCUT2D eigenvalue weighted by Gasteiger charge is -2.34. The summed E-state index contributed by atoms with van der Waals surface area (Å²) in [4.78, 5) is 24.1. The molecular weight excluding hydrogens is 310 g/mol. The van der Waals surface area contributed by atoms with E-state index < -0.39 is 5.54 Å². The van der Waals surface area contributed by atoms with Crippen molar-refractivity contribution in [1.82, 2.24) is 14.9 Å². The third-order valence-corrected chi connectivity index (χ3v) is 4.78. The number of carbonyl (C=O) groups excluding carboxylic acids is 1. The number of rotatable bonds is 2. The Balaban J connectivity index is 2.02.